The van der Waals surface area contributed by atoms with Crippen LogP contribution < -0.4 is 4.74 Å². The summed E-state index contributed by atoms with van der Waals surface area (Å²) in [5.41, 5.74) is 0.538. The first-order chi connectivity index (χ1) is 10.5. The first-order valence-electron chi connectivity index (χ1n) is 7.31. The number of carbonyl (C=O) groups is 2. The number of carbonyl (C=O) groups excluding carboxylic acids is 2. The van der Waals surface area contributed by atoms with Crippen LogP contribution in [0.25, 0.3) is 10.8 Å². The summed E-state index contributed by atoms with van der Waals surface area (Å²) in [4.78, 5) is 23.9. The fraction of sp³-hybridized carbons (Fsp3) is 0.333. The number of hydrogen-bond donors (Lipinski definition) is 0. The molecule has 0 aromatic heterocycles. The third-order valence-electron chi connectivity index (χ3n) is 3.32. The van der Waals surface area contributed by atoms with E-state index in [1.165, 1.54) is 7.11 Å². The van der Waals surface area contributed by atoms with Gasteiger partial charge in [0, 0.05) is 6.42 Å². The minimum Gasteiger partial charge on any atom is -0.490 e. The van der Waals surface area contributed by atoms with E-state index in [1.54, 1.807) is 0 Å². The molecule has 0 atom stereocenters. The Hall–Kier alpha value is -2.36. The lowest BCUT2D eigenvalue weighted by molar-refractivity contribution is -0.140. The Labute approximate surface area is 130 Å². The molecule has 0 unspecified atom stereocenters. The number of hydrogen-bond acceptors (Lipinski definition) is 4. The second-order valence-electron chi connectivity index (χ2n) is 5.33. The van der Waals surface area contributed by atoms with Crippen molar-refractivity contribution in [2.24, 2.45) is 0 Å². The Kier molecular flexibility index (Phi) is 5.15. The normalized spacial score (nSPS) is 10.7. The number of methoxy groups -OCH3 is 1. The van der Waals surface area contributed by atoms with E-state index in [-0.39, 0.29) is 30.7 Å². The molecule has 0 saturated heterocycles. The lowest BCUT2D eigenvalue weighted by atomic mass is 9.98. The lowest BCUT2D eigenvalue weighted by Crippen LogP contribution is -2.12. The van der Waals surface area contributed by atoms with Gasteiger partial charge in [-0.25, -0.2) is 0 Å². The number of esters is 1. The van der Waals surface area contributed by atoms with E-state index >= 15 is 0 Å². The van der Waals surface area contributed by atoms with Crippen molar-refractivity contribution in [3.63, 3.8) is 0 Å². The molecule has 0 aliphatic heterocycles. The van der Waals surface area contributed by atoms with Crippen LogP contribution in [0, 0.1) is 0 Å². The third kappa shape index (κ3) is 3.64. The van der Waals surface area contributed by atoms with Crippen molar-refractivity contribution >= 4 is 22.5 Å². The topological polar surface area (TPSA) is 52.6 Å². The van der Waals surface area contributed by atoms with E-state index in [2.05, 4.69) is 4.74 Å². The number of ketones is 1. The fourth-order valence-electron chi connectivity index (χ4n) is 2.33. The minimum absolute atomic E-state index is 0.0340. The molecule has 116 valence electrons. The summed E-state index contributed by atoms with van der Waals surface area (Å²) in [5, 5.41) is 1.82. The van der Waals surface area contributed by atoms with Crippen LogP contribution in [0.2, 0.25) is 0 Å². The number of benzene rings is 2. The van der Waals surface area contributed by atoms with Gasteiger partial charge in [-0.1, -0.05) is 30.3 Å². The van der Waals surface area contributed by atoms with Gasteiger partial charge >= 0.3 is 5.97 Å². The standard InChI is InChI=1S/C18H20O4/c1-12(2)22-16-10-8-13-6-4-5-7-14(13)18(16)15(19)9-11-17(20)21-3/h4-8,10,12H,9,11H2,1-3H3. The maximum Gasteiger partial charge on any atom is 0.305 e. The van der Waals surface area contributed by atoms with Gasteiger partial charge in [0.2, 0.25) is 0 Å². The van der Waals surface area contributed by atoms with E-state index < -0.39 is 0 Å². The molecule has 4 nitrogen and oxygen atoms in total. The van der Waals surface area contributed by atoms with Gasteiger partial charge in [-0.15, -0.1) is 0 Å². The molecular weight excluding hydrogens is 280 g/mol. The SMILES string of the molecule is COC(=O)CCC(=O)c1c(OC(C)C)ccc2ccccc12. The fourth-order valence-corrected chi connectivity index (χ4v) is 2.33. The van der Waals surface area contributed by atoms with Crippen molar-refractivity contribution in [2.45, 2.75) is 32.8 Å². The highest BCUT2D eigenvalue weighted by atomic mass is 16.5. The predicted molar refractivity (Wildman–Crippen MR) is 85.3 cm³/mol. The molecule has 0 heterocycles. The first kappa shape index (κ1) is 16.0. The molecule has 2 aromatic carbocycles. The van der Waals surface area contributed by atoms with Crippen LogP contribution >= 0.6 is 0 Å². The van der Waals surface area contributed by atoms with Gasteiger partial charge in [0.15, 0.2) is 5.78 Å². The monoisotopic (exact) mass is 300 g/mol. The molecule has 0 N–H and O–H groups in total. The third-order valence-corrected chi connectivity index (χ3v) is 3.32. The molecule has 2 aromatic rings. The van der Waals surface area contributed by atoms with Crippen LogP contribution in [0.4, 0.5) is 0 Å². The summed E-state index contributed by atoms with van der Waals surface area (Å²) in [6.07, 6.45) is 0.141. The molecule has 0 fully saturated rings. The minimum atomic E-state index is -0.389. The maximum atomic E-state index is 12.6. The van der Waals surface area contributed by atoms with E-state index in [0.717, 1.165) is 10.8 Å². The Morgan fingerprint density at radius 3 is 2.45 bits per heavy atom. The zero-order chi connectivity index (χ0) is 16.1. The van der Waals surface area contributed by atoms with Gasteiger partial charge < -0.3 is 9.47 Å². The Bertz CT molecular complexity index is 689. The molecule has 0 spiro atoms. The molecule has 0 bridgehead atoms. The average Bonchev–Trinajstić information content (AvgIpc) is 2.51. The zero-order valence-corrected chi connectivity index (χ0v) is 13.1. The van der Waals surface area contributed by atoms with E-state index in [9.17, 15) is 9.59 Å². The van der Waals surface area contributed by atoms with Gasteiger partial charge in [0.05, 0.1) is 25.2 Å². The van der Waals surface area contributed by atoms with Crippen LogP contribution in [0.5, 0.6) is 5.75 Å². The molecule has 2 rings (SSSR count). The smallest absolute Gasteiger partial charge is 0.305 e. The number of ether oxygens (including phenoxy) is 2. The largest absolute Gasteiger partial charge is 0.490 e. The van der Waals surface area contributed by atoms with Crippen LogP contribution in [0.1, 0.15) is 37.0 Å². The Balaban J connectivity index is 2.42. The second kappa shape index (κ2) is 7.07. The zero-order valence-electron chi connectivity index (χ0n) is 13.1. The molecule has 4 heteroatoms. The van der Waals surface area contributed by atoms with Gasteiger partial charge in [-0.05, 0) is 30.7 Å². The summed E-state index contributed by atoms with van der Waals surface area (Å²) >= 11 is 0. The van der Waals surface area contributed by atoms with Crippen LogP contribution in [0.3, 0.4) is 0 Å². The molecule has 0 saturated carbocycles. The van der Waals surface area contributed by atoms with Crippen molar-refractivity contribution in [2.75, 3.05) is 7.11 Å². The molecule has 0 aliphatic carbocycles. The summed E-state index contributed by atoms with van der Waals surface area (Å²) in [6, 6.07) is 11.4. The molecule has 0 aliphatic rings. The Morgan fingerprint density at radius 1 is 1.05 bits per heavy atom. The van der Waals surface area contributed by atoms with E-state index in [1.807, 2.05) is 50.2 Å². The number of Topliss-reactive ketones (excluding diaryl/α,β-unsaturated/α-hetero) is 1. The number of rotatable bonds is 6. The van der Waals surface area contributed by atoms with Gasteiger partial charge in [-0.2, -0.15) is 0 Å². The molecule has 0 radical (unpaired) electrons. The molecule has 0 amide bonds. The summed E-state index contributed by atoms with van der Waals surface area (Å²) in [5.74, 6) is 0.0568. The summed E-state index contributed by atoms with van der Waals surface area (Å²) in [7, 11) is 1.32. The highest BCUT2D eigenvalue weighted by Crippen LogP contribution is 2.30. The molecular formula is C18H20O4. The lowest BCUT2D eigenvalue weighted by Gasteiger charge is -2.15. The number of fused-ring (bicyclic) bond motifs is 1. The van der Waals surface area contributed by atoms with Crippen molar-refractivity contribution in [3.05, 3.63) is 42.0 Å². The van der Waals surface area contributed by atoms with Gasteiger partial charge in [-0.3, -0.25) is 9.59 Å². The predicted octanol–water partition coefficient (Wildman–Crippen LogP) is 3.76. The van der Waals surface area contributed by atoms with Crippen LogP contribution in [-0.2, 0) is 9.53 Å². The van der Waals surface area contributed by atoms with E-state index in [0.29, 0.717) is 11.3 Å². The summed E-state index contributed by atoms with van der Waals surface area (Å²) in [6.45, 7) is 3.83. The highest BCUT2D eigenvalue weighted by molar-refractivity contribution is 6.11. The quantitative estimate of drug-likeness (QED) is 0.602. The first-order valence-corrected chi connectivity index (χ1v) is 7.31. The highest BCUT2D eigenvalue weighted by Gasteiger charge is 2.18. The van der Waals surface area contributed by atoms with Gasteiger partial charge in [0.25, 0.3) is 0 Å². The van der Waals surface area contributed by atoms with E-state index in [4.69, 9.17) is 4.74 Å². The van der Waals surface area contributed by atoms with Crippen molar-refractivity contribution in [1.82, 2.24) is 0 Å². The van der Waals surface area contributed by atoms with Gasteiger partial charge in [0.1, 0.15) is 5.75 Å². The Morgan fingerprint density at radius 2 is 1.77 bits per heavy atom. The van der Waals surface area contributed by atoms with Crippen LogP contribution in [0.15, 0.2) is 36.4 Å². The average molecular weight is 300 g/mol. The second-order valence-corrected chi connectivity index (χ2v) is 5.33. The molecule has 22 heavy (non-hydrogen) atoms. The van der Waals surface area contributed by atoms with Crippen LogP contribution in [-0.4, -0.2) is 25.0 Å². The van der Waals surface area contributed by atoms with Crippen molar-refractivity contribution < 1.29 is 19.1 Å². The van der Waals surface area contributed by atoms with Crippen molar-refractivity contribution in [1.29, 1.82) is 0 Å². The summed E-state index contributed by atoms with van der Waals surface area (Å²) < 4.78 is 10.4. The van der Waals surface area contributed by atoms with Crippen molar-refractivity contribution in [3.8, 4) is 5.75 Å². The maximum absolute atomic E-state index is 12.6.